The average molecular weight is 1810 g/mol. The zero-order valence-corrected chi connectivity index (χ0v) is 74.8. The van der Waals surface area contributed by atoms with E-state index in [-0.39, 0.29) is 183 Å². The fourth-order valence-corrected chi connectivity index (χ4v) is 17.2. The van der Waals surface area contributed by atoms with Gasteiger partial charge in [0.2, 0.25) is 59.1 Å². The van der Waals surface area contributed by atoms with Crippen molar-refractivity contribution < 1.29 is 96.2 Å². The van der Waals surface area contributed by atoms with E-state index in [4.69, 9.17) is 11.5 Å². The lowest BCUT2D eigenvalue weighted by Gasteiger charge is -2.32. The van der Waals surface area contributed by atoms with Crippen LogP contribution in [0.15, 0.2) is 48.5 Å². The normalized spacial score (nSPS) is 20.1. The number of benzene rings is 4. The number of rotatable bonds is 24. The molecule has 130 heavy (non-hydrogen) atoms. The van der Waals surface area contributed by atoms with Crippen LogP contribution in [0.4, 0.5) is 0 Å². The van der Waals surface area contributed by atoms with Crippen molar-refractivity contribution in [2.24, 2.45) is 11.5 Å². The molecule has 40 heteroatoms. The van der Waals surface area contributed by atoms with Crippen molar-refractivity contribution in [1.82, 2.24) is 92.4 Å². The highest BCUT2D eigenvalue weighted by atomic mass is 16.4. The first-order chi connectivity index (χ1) is 62.3. The number of hydrogen-bond acceptors (Lipinski definition) is 25. The van der Waals surface area contributed by atoms with Crippen molar-refractivity contribution >= 4 is 134 Å². The minimum atomic E-state index is -1.70. The SMILES string of the molecule is CC(=O)N[C@@H](CCC(=O)N[C@H]1CCC(=O)NCCCN(C)CCCN2C(=O)c3ccc4c5c(ccc(c35)C2=O)C(=O)N(CCCN(C)CCCNC1=O)C4=O)C(=O)N[C@@H](CCCCN)C(=O)N[C@@H](CCC(=O)N[C@H]1CCC(=O)NCCCN(C)CCCN2C(=O)c3ccc4c5c(ccc(c35)C2=O)C(=O)N(CCCN(C)CCCNC1=O)C4=O)C(=O)N[C@@H](CCCCN)C(=O)O. The lowest BCUT2D eigenvalue weighted by atomic mass is 9.86. The number of carboxylic acid groups (broad SMARTS) is 1. The van der Waals surface area contributed by atoms with Crippen molar-refractivity contribution in [3.8, 4) is 0 Å². The van der Waals surface area contributed by atoms with E-state index in [1.54, 1.807) is 0 Å². The number of unbranched alkanes of at least 4 members (excludes halogenated alkanes) is 2. The number of nitrogens with two attached hydrogens (primary N) is 2. The Morgan fingerprint density at radius 1 is 0.354 bits per heavy atom. The van der Waals surface area contributed by atoms with Gasteiger partial charge in [-0.3, -0.25) is 106 Å². The van der Waals surface area contributed by atoms with E-state index in [0.717, 1.165) is 16.7 Å². The van der Waals surface area contributed by atoms with Crippen molar-refractivity contribution in [2.45, 2.75) is 184 Å². The molecule has 0 aromatic heterocycles. The van der Waals surface area contributed by atoms with Gasteiger partial charge >= 0.3 is 5.97 Å². The lowest BCUT2D eigenvalue weighted by Crippen LogP contribution is -2.58. The predicted octanol–water partition coefficient (Wildman–Crippen LogP) is -0.191. The third-order valence-electron chi connectivity index (χ3n) is 24.3. The number of nitrogens with zero attached hydrogens (tertiary/aromatic N) is 8. The van der Waals surface area contributed by atoms with Crippen LogP contribution in [0.5, 0.6) is 0 Å². The van der Waals surface area contributed by atoms with Gasteiger partial charge in [-0.25, -0.2) is 4.79 Å². The molecule has 0 spiro atoms. The van der Waals surface area contributed by atoms with E-state index in [9.17, 15) is 96.2 Å². The van der Waals surface area contributed by atoms with Crippen molar-refractivity contribution in [1.29, 1.82) is 0 Å². The van der Waals surface area contributed by atoms with Gasteiger partial charge in [-0.15, -0.1) is 0 Å². The summed E-state index contributed by atoms with van der Waals surface area (Å²) in [5.74, 6) is -13.3. The third-order valence-corrected chi connectivity index (χ3v) is 24.3. The topological polar surface area (TPSA) is 543 Å². The minimum absolute atomic E-state index is 0.0411. The number of hydrogen-bond donors (Lipinski definition) is 13. The maximum Gasteiger partial charge on any atom is 0.326 e. The quantitative estimate of drug-likeness (QED) is 0.0319. The second-order valence-corrected chi connectivity index (χ2v) is 34.3. The molecule has 704 valence electrons. The van der Waals surface area contributed by atoms with Crippen LogP contribution < -0.4 is 64.6 Å². The fraction of sp³-hybridized carbons (Fsp3) is 0.567. The van der Waals surface area contributed by atoms with Crippen LogP contribution in [0.2, 0.25) is 0 Å². The van der Waals surface area contributed by atoms with E-state index >= 15 is 0 Å². The van der Waals surface area contributed by atoms with Gasteiger partial charge in [0, 0.05) is 151 Å². The van der Waals surface area contributed by atoms with Crippen LogP contribution >= 0.6 is 0 Å². The first-order valence-electron chi connectivity index (χ1n) is 45.2. The number of amides is 18. The predicted molar refractivity (Wildman–Crippen MR) is 476 cm³/mol. The molecule has 40 nitrogen and oxygen atoms in total. The fourth-order valence-electron chi connectivity index (χ4n) is 17.2. The number of carbonyl (C=O) groups excluding carboxylic acids is 18. The Labute approximate surface area is 753 Å². The van der Waals surface area contributed by atoms with Gasteiger partial charge in [-0.2, -0.15) is 0 Å². The molecule has 12 heterocycles. The summed E-state index contributed by atoms with van der Waals surface area (Å²) in [6.45, 7) is 5.94. The highest BCUT2D eigenvalue weighted by Crippen LogP contribution is 2.40. The lowest BCUT2D eigenvalue weighted by molar-refractivity contribution is -0.142. The van der Waals surface area contributed by atoms with Crippen LogP contribution in [0.3, 0.4) is 0 Å². The molecular weight excluding hydrogens is 1680 g/mol. The second-order valence-electron chi connectivity index (χ2n) is 34.3. The molecule has 15 N–H and O–H groups in total. The smallest absolute Gasteiger partial charge is 0.326 e. The molecule has 16 bridgehead atoms. The number of carboxylic acids is 1. The van der Waals surface area contributed by atoms with E-state index in [2.05, 4.69) is 53.2 Å². The van der Waals surface area contributed by atoms with E-state index in [1.165, 1.54) is 58.3 Å². The van der Waals surface area contributed by atoms with E-state index in [1.807, 2.05) is 47.8 Å². The Bertz CT molecular complexity index is 4820. The number of nitrogens with one attached hydrogen (secondary N) is 10. The molecule has 4 aromatic carbocycles. The second kappa shape index (κ2) is 48.0. The van der Waals surface area contributed by atoms with Gasteiger partial charge in [0.05, 0.1) is 0 Å². The maximum absolute atomic E-state index is 14.8. The molecule has 0 aliphatic carbocycles. The molecule has 0 saturated carbocycles. The van der Waals surface area contributed by atoms with Gasteiger partial charge in [0.15, 0.2) is 0 Å². The Kier molecular flexibility index (Phi) is 36.9. The van der Waals surface area contributed by atoms with Crippen molar-refractivity contribution in [3.63, 3.8) is 0 Å². The summed E-state index contributed by atoms with van der Waals surface area (Å²) in [4.78, 5) is 277. The first kappa shape index (κ1) is 100. The Balaban J connectivity index is 0.769. The molecule has 0 radical (unpaired) electrons. The molecule has 6 atom stereocenters. The number of fused-ring (bicyclic) bond motifs is 4. The Morgan fingerprint density at radius 3 is 0.885 bits per heavy atom. The highest BCUT2D eigenvalue weighted by Gasteiger charge is 2.43. The summed E-state index contributed by atoms with van der Waals surface area (Å²) < 4.78 is 0. The summed E-state index contributed by atoms with van der Waals surface area (Å²) >= 11 is 0. The maximum atomic E-state index is 14.8. The average Bonchev–Trinajstić information content (AvgIpc) is 0.717. The van der Waals surface area contributed by atoms with E-state index < -0.39 is 174 Å². The highest BCUT2D eigenvalue weighted by molar-refractivity contribution is 6.35. The van der Waals surface area contributed by atoms with Crippen LogP contribution in [-0.2, 0) is 52.7 Å². The van der Waals surface area contributed by atoms with Gasteiger partial charge in [-0.05, 0) is 258 Å². The first-order valence-corrected chi connectivity index (χ1v) is 45.2. The van der Waals surface area contributed by atoms with E-state index in [0.29, 0.717) is 117 Å². The molecule has 0 unspecified atom stereocenters. The molecular formula is C90H124N20O20. The monoisotopic (exact) mass is 1800 g/mol. The Morgan fingerprint density at radius 2 is 0.608 bits per heavy atom. The summed E-state index contributed by atoms with van der Waals surface area (Å²) in [6, 6.07) is 3.35. The molecule has 0 saturated heterocycles. The van der Waals surface area contributed by atoms with Crippen LogP contribution in [-0.4, -0.2) is 339 Å². The molecule has 12 aliphatic rings. The molecule has 4 aromatic rings. The molecule has 18 amide bonds. The van der Waals surface area contributed by atoms with Crippen molar-refractivity contribution in [2.75, 3.05) is 146 Å². The van der Waals surface area contributed by atoms with Gasteiger partial charge in [0.1, 0.15) is 36.3 Å². The Hall–Kier alpha value is -12.1. The summed E-state index contributed by atoms with van der Waals surface area (Å²) in [6.07, 6.45) is 1.35. The minimum Gasteiger partial charge on any atom is -0.480 e. The van der Waals surface area contributed by atoms with Crippen LogP contribution in [0.25, 0.3) is 21.5 Å². The molecule has 12 aliphatic heterocycles. The van der Waals surface area contributed by atoms with Gasteiger partial charge in [-0.1, -0.05) is 0 Å². The van der Waals surface area contributed by atoms with Crippen molar-refractivity contribution in [3.05, 3.63) is 93.0 Å². The van der Waals surface area contributed by atoms with Gasteiger partial charge < -0.3 is 89.3 Å². The molecule has 16 rings (SSSR count). The summed E-state index contributed by atoms with van der Waals surface area (Å²) in [5.41, 5.74) is 13.3. The molecule has 0 fully saturated rings. The summed E-state index contributed by atoms with van der Waals surface area (Å²) in [5, 5.41) is 38.3. The number of imide groups is 4. The number of carbonyl (C=O) groups is 19. The summed E-state index contributed by atoms with van der Waals surface area (Å²) in [7, 11) is 7.32. The van der Waals surface area contributed by atoms with Crippen LogP contribution in [0.1, 0.15) is 231 Å². The largest absolute Gasteiger partial charge is 0.480 e. The number of aliphatic carboxylic acids is 1. The zero-order chi connectivity index (χ0) is 94.0. The zero-order valence-electron chi connectivity index (χ0n) is 74.8. The third kappa shape index (κ3) is 26.1. The van der Waals surface area contributed by atoms with Gasteiger partial charge in [0.25, 0.3) is 47.3 Å². The van der Waals surface area contributed by atoms with Crippen LogP contribution in [0, 0.1) is 0 Å². The standard InChI is InChI=1S/C90H124N20O20/c1-54(111)97-66(30-34-71(114)98-64-28-32-69(112)93-38-10-42-103(2)46-14-50-107-82(121)55-20-24-59-75-60(25-21-56(73(55)75)83(107)122)87(126)109(86(59)125)52-16-48-105(4)44-12-40-95-77(64)116)80(119)100-63(18-6-8-36-91)79(118)101-67(81(120)102-68(90(129)130)19-7-9-37-92)31-35-72(115)99-65-29-33-70(113)94-39-11-43-104(3)47-15-51-108-84(123)57-22-26-61-76-62(27-23-58(74(57)76)85(108)124)89(128)110(88(61)127)53-17-49-106(5)45-13-41-96-78(65)117/h20-27,63-68H,6-19,28-53,91-92H2,1-5H3,(H,93,112)(H,94,113)(H,95,116)(H,96,117)(H,97,111)(H,98,114)(H,99,115)(H,100,119)(H,101,118)(H,102,120)(H,129,130)/t63-,64-,65-,66-,67-,68-/m0/s1.